The van der Waals surface area contributed by atoms with Crippen LogP contribution < -0.4 is 0 Å². The molecule has 0 bridgehead atoms. The fourth-order valence-corrected chi connectivity index (χ4v) is 4.58. The molecule has 0 N–H and O–H groups in total. The molecule has 2 heterocycles. The van der Waals surface area contributed by atoms with E-state index in [-0.39, 0.29) is 0 Å². The minimum absolute atomic E-state index is 0.616. The van der Waals surface area contributed by atoms with Gasteiger partial charge < -0.3 is 4.42 Å². The van der Waals surface area contributed by atoms with Crippen molar-refractivity contribution < 1.29 is 4.42 Å². The molecule has 0 radical (unpaired) electrons. The van der Waals surface area contributed by atoms with Crippen molar-refractivity contribution >= 4 is 32.7 Å². The topological polar surface area (TPSA) is 51.8 Å². The van der Waals surface area contributed by atoms with Crippen molar-refractivity contribution in [2.75, 3.05) is 0 Å². The van der Waals surface area contributed by atoms with E-state index in [0.29, 0.717) is 17.5 Å². The lowest BCUT2D eigenvalue weighted by molar-refractivity contribution is 0.673. The van der Waals surface area contributed by atoms with Crippen LogP contribution in [0.4, 0.5) is 0 Å². The molecule has 7 aromatic rings. The number of hydrogen-bond donors (Lipinski definition) is 0. The van der Waals surface area contributed by atoms with Crippen molar-refractivity contribution in [1.29, 1.82) is 0 Å². The first-order valence-corrected chi connectivity index (χ1v) is 11.5. The largest absolute Gasteiger partial charge is 0.455 e. The molecule has 0 fully saturated rings. The molecule has 0 aliphatic carbocycles. The highest BCUT2D eigenvalue weighted by Crippen LogP contribution is 2.36. The van der Waals surface area contributed by atoms with E-state index in [1.54, 1.807) is 0 Å². The maximum Gasteiger partial charge on any atom is 0.164 e. The number of hydrogen-bond acceptors (Lipinski definition) is 4. The molecule has 0 unspecified atom stereocenters. The lowest BCUT2D eigenvalue weighted by Crippen LogP contribution is -2.00. The molecule has 0 aliphatic rings. The maximum atomic E-state index is 6.39. The van der Waals surface area contributed by atoms with Gasteiger partial charge in [-0.2, -0.15) is 0 Å². The van der Waals surface area contributed by atoms with E-state index < -0.39 is 0 Å². The molecule has 164 valence electrons. The monoisotopic (exact) mass is 449 g/mol. The predicted molar refractivity (Wildman–Crippen MR) is 141 cm³/mol. The third-order valence-electron chi connectivity index (χ3n) is 6.32. The first kappa shape index (κ1) is 19.6. The van der Waals surface area contributed by atoms with Crippen LogP contribution in [0.2, 0.25) is 0 Å². The summed E-state index contributed by atoms with van der Waals surface area (Å²) in [5, 5.41) is 4.46. The zero-order valence-electron chi connectivity index (χ0n) is 18.7. The molecule has 7 rings (SSSR count). The van der Waals surface area contributed by atoms with Crippen molar-refractivity contribution in [1.82, 2.24) is 15.0 Å². The van der Waals surface area contributed by atoms with Crippen LogP contribution in [0.1, 0.15) is 0 Å². The standard InChI is InChI=1S/C31H19N3O/c1-3-10-21(11-4-1)29-32-30(22-12-5-2-6-13-22)34-31(33-29)23-16-17-25-26-18-15-20-9-7-8-14-24(20)28(26)35-27(25)19-23/h1-19H. The summed E-state index contributed by atoms with van der Waals surface area (Å²) < 4.78 is 6.39. The molecule has 4 heteroatoms. The fraction of sp³-hybridized carbons (Fsp3) is 0. The molecular formula is C31H19N3O. The molecule has 2 aromatic heterocycles. The molecule has 4 nitrogen and oxygen atoms in total. The summed E-state index contributed by atoms with van der Waals surface area (Å²) >= 11 is 0. The molecule has 0 spiro atoms. The second kappa shape index (κ2) is 7.89. The zero-order chi connectivity index (χ0) is 23.2. The van der Waals surface area contributed by atoms with Gasteiger partial charge in [-0.3, -0.25) is 0 Å². The van der Waals surface area contributed by atoms with Gasteiger partial charge >= 0.3 is 0 Å². The van der Waals surface area contributed by atoms with Crippen LogP contribution in [0.5, 0.6) is 0 Å². The lowest BCUT2D eigenvalue weighted by Gasteiger charge is -2.08. The van der Waals surface area contributed by atoms with Crippen LogP contribution in [0.15, 0.2) is 120 Å². The van der Waals surface area contributed by atoms with Crippen LogP contribution in [0.3, 0.4) is 0 Å². The molecule has 5 aromatic carbocycles. The van der Waals surface area contributed by atoms with Crippen LogP contribution in [0, 0.1) is 0 Å². The molecule has 35 heavy (non-hydrogen) atoms. The highest BCUT2D eigenvalue weighted by Gasteiger charge is 2.15. The second-order valence-electron chi connectivity index (χ2n) is 8.51. The Morgan fingerprint density at radius 1 is 0.429 bits per heavy atom. The van der Waals surface area contributed by atoms with Crippen LogP contribution in [0.25, 0.3) is 66.9 Å². The zero-order valence-corrected chi connectivity index (χ0v) is 18.7. The first-order valence-electron chi connectivity index (χ1n) is 11.5. The quantitative estimate of drug-likeness (QED) is 0.275. The Kier molecular flexibility index (Phi) is 4.42. The molecular weight excluding hydrogens is 430 g/mol. The van der Waals surface area contributed by atoms with Crippen molar-refractivity contribution in [3.05, 3.63) is 115 Å². The second-order valence-corrected chi connectivity index (χ2v) is 8.51. The number of fused-ring (bicyclic) bond motifs is 5. The number of aromatic nitrogens is 3. The van der Waals surface area contributed by atoms with Gasteiger partial charge in [-0.1, -0.05) is 97.1 Å². The predicted octanol–water partition coefficient (Wildman–Crippen LogP) is 7.93. The van der Waals surface area contributed by atoms with E-state index in [2.05, 4.69) is 36.4 Å². The van der Waals surface area contributed by atoms with E-state index in [0.717, 1.165) is 49.4 Å². The average Bonchev–Trinajstić information content (AvgIpc) is 3.32. The Balaban J connectivity index is 1.44. The summed E-state index contributed by atoms with van der Waals surface area (Å²) in [5.41, 5.74) is 4.50. The summed E-state index contributed by atoms with van der Waals surface area (Å²) in [6.07, 6.45) is 0. The van der Waals surface area contributed by atoms with Crippen LogP contribution >= 0.6 is 0 Å². The smallest absolute Gasteiger partial charge is 0.164 e. The highest BCUT2D eigenvalue weighted by atomic mass is 16.3. The number of nitrogens with zero attached hydrogens (tertiary/aromatic N) is 3. The van der Waals surface area contributed by atoms with E-state index >= 15 is 0 Å². The third-order valence-corrected chi connectivity index (χ3v) is 6.32. The highest BCUT2D eigenvalue weighted by molar-refractivity contribution is 6.15. The Morgan fingerprint density at radius 2 is 1.00 bits per heavy atom. The molecule has 0 aliphatic heterocycles. The van der Waals surface area contributed by atoms with Gasteiger partial charge in [0.2, 0.25) is 0 Å². The van der Waals surface area contributed by atoms with Crippen LogP contribution in [-0.2, 0) is 0 Å². The average molecular weight is 450 g/mol. The van der Waals surface area contributed by atoms with E-state index in [9.17, 15) is 0 Å². The maximum absolute atomic E-state index is 6.39. The third kappa shape index (κ3) is 3.35. The number of benzene rings is 5. The van der Waals surface area contributed by atoms with E-state index in [4.69, 9.17) is 19.4 Å². The Labute approximate surface area is 201 Å². The summed E-state index contributed by atoms with van der Waals surface area (Å²) in [6.45, 7) is 0. The Hall–Kier alpha value is -4.83. The number of rotatable bonds is 3. The van der Waals surface area contributed by atoms with Gasteiger partial charge in [-0.05, 0) is 23.6 Å². The number of furan rings is 1. The van der Waals surface area contributed by atoms with Gasteiger partial charge in [0.05, 0.1) is 0 Å². The van der Waals surface area contributed by atoms with Crippen molar-refractivity contribution in [2.45, 2.75) is 0 Å². The molecule has 0 atom stereocenters. The van der Waals surface area contributed by atoms with Gasteiger partial charge in [-0.15, -0.1) is 0 Å². The summed E-state index contributed by atoms with van der Waals surface area (Å²) in [5.74, 6) is 1.90. The Morgan fingerprint density at radius 3 is 1.69 bits per heavy atom. The van der Waals surface area contributed by atoms with Gasteiger partial charge in [0.15, 0.2) is 17.5 Å². The van der Waals surface area contributed by atoms with Crippen LogP contribution in [-0.4, -0.2) is 15.0 Å². The minimum atomic E-state index is 0.616. The summed E-state index contributed by atoms with van der Waals surface area (Å²) in [7, 11) is 0. The fourth-order valence-electron chi connectivity index (χ4n) is 4.58. The van der Waals surface area contributed by atoms with Gasteiger partial charge in [0.1, 0.15) is 11.2 Å². The summed E-state index contributed by atoms with van der Waals surface area (Å²) in [4.78, 5) is 14.5. The lowest BCUT2D eigenvalue weighted by atomic mass is 10.1. The Bertz CT molecular complexity index is 1780. The first-order chi connectivity index (χ1) is 17.3. The van der Waals surface area contributed by atoms with Gasteiger partial charge in [-0.25, -0.2) is 15.0 Å². The SMILES string of the molecule is c1ccc(-c2nc(-c3ccccc3)nc(-c3ccc4c(c3)oc3c5ccccc5ccc43)n2)cc1. The van der Waals surface area contributed by atoms with Crippen molar-refractivity contribution in [3.8, 4) is 34.2 Å². The van der Waals surface area contributed by atoms with E-state index in [1.165, 1.54) is 0 Å². The molecule has 0 amide bonds. The van der Waals surface area contributed by atoms with E-state index in [1.807, 2.05) is 78.9 Å². The van der Waals surface area contributed by atoms with Crippen molar-refractivity contribution in [2.24, 2.45) is 0 Å². The van der Waals surface area contributed by atoms with Gasteiger partial charge in [0.25, 0.3) is 0 Å². The molecule has 0 saturated heterocycles. The van der Waals surface area contributed by atoms with Crippen molar-refractivity contribution in [3.63, 3.8) is 0 Å². The normalized spacial score (nSPS) is 11.4. The van der Waals surface area contributed by atoms with Gasteiger partial charge in [0, 0.05) is 32.8 Å². The summed E-state index contributed by atoms with van der Waals surface area (Å²) in [6, 6.07) is 38.8. The molecule has 0 saturated carbocycles. The minimum Gasteiger partial charge on any atom is -0.455 e.